The standard InChI is InChI=1S/C15H16O2/c1-9-4-5-13(14(17)6-9)15-10(2)7-12(16)8-11(15)3/h4-8,16-17H,1-3H3. The van der Waals surface area contributed by atoms with Crippen LogP contribution in [-0.2, 0) is 0 Å². The lowest BCUT2D eigenvalue weighted by Crippen LogP contribution is -1.89. The molecule has 2 rings (SSSR count). The van der Waals surface area contributed by atoms with Crippen LogP contribution in [0.15, 0.2) is 30.3 Å². The SMILES string of the molecule is Cc1ccc(-c2c(C)cc(O)cc2C)c(O)c1. The first-order chi connectivity index (χ1) is 7.99. The number of phenols is 2. The fraction of sp³-hybridized carbons (Fsp3) is 0.200. The highest BCUT2D eigenvalue weighted by molar-refractivity contribution is 5.76. The third-order valence-corrected chi connectivity index (χ3v) is 2.94. The molecule has 0 saturated heterocycles. The van der Waals surface area contributed by atoms with Gasteiger partial charge in [-0.3, -0.25) is 0 Å². The van der Waals surface area contributed by atoms with Crippen molar-refractivity contribution in [3.63, 3.8) is 0 Å². The Morgan fingerprint density at radius 2 is 1.41 bits per heavy atom. The summed E-state index contributed by atoms with van der Waals surface area (Å²) in [5, 5.41) is 19.5. The van der Waals surface area contributed by atoms with E-state index in [1.807, 2.05) is 32.9 Å². The quantitative estimate of drug-likeness (QED) is 0.781. The van der Waals surface area contributed by atoms with Crippen molar-refractivity contribution in [2.24, 2.45) is 0 Å². The zero-order valence-electron chi connectivity index (χ0n) is 10.3. The van der Waals surface area contributed by atoms with Gasteiger partial charge in [0.05, 0.1) is 0 Å². The van der Waals surface area contributed by atoms with Crippen LogP contribution in [0.1, 0.15) is 16.7 Å². The van der Waals surface area contributed by atoms with Gasteiger partial charge in [-0.15, -0.1) is 0 Å². The summed E-state index contributed by atoms with van der Waals surface area (Å²) in [5.41, 5.74) is 4.74. The minimum Gasteiger partial charge on any atom is -0.508 e. The molecule has 2 aromatic carbocycles. The Hall–Kier alpha value is -1.96. The van der Waals surface area contributed by atoms with Crippen LogP contribution >= 0.6 is 0 Å². The molecule has 0 aliphatic heterocycles. The largest absolute Gasteiger partial charge is 0.508 e. The van der Waals surface area contributed by atoms with E-state index in [4.69, 9.17) is 0 Å². The topological polar surface area (TPSA) is 40.5 Å². The van der Waals surface area contributed by atoms with Gasteiger partial charge in [0.1, 0.15) is 11.5 Å². The van der Waals surface area contributed by atoms with Crippen LogP contribution < -0.4 is 0 Å². The fourth-order valence-corrected chi connectivity index (χ4v) is 2.22. The van der Waals surface area contributed by atoms with Crippen molar-refractivity contribution in [2.75, 3.05) is 0 Å². The molecule has 17 heavy (non-hydrogen) atoms. The molecule has 0 heterocycles. The molecular formula is C15H16O2. The summed E-state index contributed by atoms with van der Waals surface area (Å²) in [6.45, 7) is 5.81. The monoisotopic (exact) mass is 228 g/mol. The Labute approximate surface area is 101 Å². The summed E-state index contributed by atoms with van der Waals surface area (Å²) in [6.07, 6.45) is 0. The molecule has 0 aromatic heterocycles. The lowest BCUT2D eigenvalue weighted by molar-refractivity contribution is 0.473. The van der Waals surface area contributed by atoms with Crippen molar-refractivity contribution in [3.05, 3.63) is 47.0 Å². The molecule has 0 radical (unpaired) electrons. The summed E-state index contributed by atoms with van der Waals surface area (Å²) >= 11 is 0. The lowest BCUT2D eigenvalue weighted by atomic mass is 9.94. The second kappa shape index (κ2) is 4.13. The molecule has 0 aliphatic rings. The number of rotatable bonds is 1. The molecule has 0 saturated carbocycles. The second-order valence-electron chi connectivity index (χ2n) is 4.48. The normalized spacial score (nSPS) is 10.5. The molecule has 0 bridgehead atoms. The minimum atomic E-state index is 0.260. The van der Waals surface area contributed by atoms with Gasteiger partial charge in [0.15, 0.2) is 0 Å². The van der Waals surface area contributed by atoms with E-state index in [2.05, 4.69) is 0 Å². The summed E-state index contributed by atoms with van der Waals surface area (Å²) < 4.78 is 0. The summed E-state index contributed by atoms with van der Waals surface area (Å²) in [6, 6.07) is 9.06. The van der Waals surface area contributed by atoms with Crippen molar-refractivity contribution in [3.8, 4) is 22.6 Å². The van der Waals surface area contributed by atoms with Crippen LogP contribution in [0.2, 0.25) is 0 Å². The van der Waals surface area contributed by atoms with Gasteiger partial charge in [-0.2, -0.15) is 0 Å². The Bertz CT molecular complexity index is 548. The number of phenolic OH excluding ortho intramolecular Hbond substituents is 2. The van der Waals surface area contributed by atoms with Crippen molar-refractivity contribution in [1.82, 2.24) is 0 Å². The summed E-state index contributed by atoms with van der Waals surface area (Å²) in [4.78, 5) is 0. The van der Waals surface area contributed by atoms with Gasteiger partial charge in [0.25, 0.3) is 0 Å². The highest BCUT2D eigenvalue weighted by Gasteiger charge is 2.11. The van der Waals surface area contributed by atoms with Crippen LogP contribution in [0.25, 0.3) is 11.1 Å². The lowest BCUT2D eigenvalue weighted by Gasteiger charge is -2.12. The molecule has 0 amide bonds. The van der Waals surface area contributed by atoms with Gasteiger partial charge >= 0.3 is 0 Å². The van der Waals surface area contributed by atoms with E-state index in [0.29, 0.717) is 0 Å². The van der Waals surface area contributed by atoms with Gasteiger partial charge in [0, 0.05) is 5.56 Å². The molecular weight excluding hydrogens is 212 g/mol. The zero-order chi connectivity index (χ0) is 12.6. The molecule has 0 fully saturated rings. The first-order valence-electron chi connectivity index (χ1n) is 5.59. The number of hydrogen-bond donors (Lipinski definition) is 2. The van der Waals surface area contributed by atoms with Gasteiger partial charge in [0.2, 0.25) is 0 Å². The highest BCUT2D eigenvalue weighted by Crippen LogP contribution is 2.36. The van der Waals surface area contributed by atoms with Crippen molar-refractivity contribution in [1.29, 1.82) is 0 Å². The maximum absolute atomic E-state index is 10.0. The predicted octanol–water partition coefficient (Wildman–Crippen LogP) is 3.69. The molecule has 0 unspecified atom stereocenters. The van der Waals surface area contributed by atoms with Crippen LogP contribution in [-0.4, -0.2) is 10.2 Å². The first kappa shape index (κ1) is 11.5. The van der Waals surface area contributed by atoms with E-state index >= 15 is 0 Å². The molecule has 2 aromatic rings. The van der Waals surface area contributed by atoms with E-state index in [1.165, 1.54) is 0 Å². The van der Waals surface area contributed by atoms with Crippen LogP contribution in [0.4, 0.5) is 0 Å². The van der Waals surface area contributed by atoms with E-state index in [9.17, 15) is 10.2 Å². The minimum absolute atomic E-state index is 0.260. The number of aromatic hydroxyl groups is 2. The van der Waals surface area contributed by atoms with Crippen LogP contribution in [0.5, 0.6) is 11.5 Å². The smallest absolute Gasteiger partial charge is 0.123 e. The number of hydrogen-bond acceptors (Lipinski definition) is 2. The third kappa shape index (κ3) is 2.11. The number of benzene rings is 2. The Kier molecular flexibility index (Phi) is 2.80. The maximum Gasteiger partial charge on any atom is 0.123 e. The second-order valence-corrected chi connectivity index (χ2v) is 4.48. The van der Waals surface area contributed by atoms with Crippen molar-refractivity contribution >= 4 is 0 Å². The molecule has 0 atom stereocenters. The molecule has 2 nitrogen and oxygen atoms in total. The predicted molar refractivity (Wildman–Crippen MR) is 69.4 cm³/mol. The third-order valence-electron chi connectivity index (χ3n) is 2.94. The van der Waals surface area contributed by atoms with E-state index < -0.39 is 0 Å². The molecule has 0 spiro atoms. The van der Waals surface area contributed by atoms with Crippen LogP contribution in [0, 0.1) is 20.8 Å². The zero-order valence-corrected chi connectivity index (χ0v) is 10.3. The highest BCUT2D eigenvalue weighted by atomic mass is 16.3. The van der Waals surface area contributed by atoms with E-state index in [1.54, 1.807) is 18.2 Å². The van der Waals surface area contributed by atoms with E-state index in [-0.39, 0.29) is 11.5 Å². The van der Waals surface area contributed by atoms with Crippen LogP contribution in [0.3, 0.4) is 0 Å². The first-order valence-corrected chi connectivity index (χ1v) is 5.59. The average Bonchev–Trinajstić information content (AvgIpc) is 2.19. The van der Waals surface area contributed by atoms with Gasteiger partial charge in [-0.1, -0.05) is 12.1 Å². The van der Waals surface area contributed by atoms with Gasteiger partial charge < -0.3 is 10.2 Å². The Morgan fingerprint density at radius 1 is 0.824 bits per heavy atom. The van der Waals surface area contributed by atoms with Gasteiger partial charge in [-0.05, 0) is 61.2 Å². The summed E-state index contributed by atoms with van der Waals surface area (Å²) in [5.74, 6) is 0.539. The Morgan fingerprint density at radius 3 is 1.94 bits per heavy atom. The van der Waals surface area contributed by atoms with E-state index in [0.717, 1.165) is 27.8 Å². The molecule has 2 heteroatoms. The van der Waals surface area contributed by atoms with Crippen molar-refractivity contribution < 1.29 is 10.2 Å². The molecule has 88 valence electrons. The Balaban J connectivity index is 2.68. The fourth-order valence-electron chi connectivity index (χ4n) is 2.22. The summed E-state index contributed by atoms with van der Waals surface area (Å²) in [7, 11) is 0. The van der Waals surface area contributed by atoms with Gasteiger partial charge in [-0.25, -0.2) is 0 Å². The molecule has 0 aliphatic carbocycles. The van der Waals surface area contributed by atoms with Crippen molar-refractivity contribution in [2.45, 2.75) is 20.8 Å². The maximum atomic E-state index is 10.0. The number of aryl methyl sites for hydroxylation is 3. The average molecular weight is 228 g/mol. The molecule has 2 N–H and O–H groups in total.